The first-order chi connectivity index (χ1) is 15.6. The number of amides is 3. The van der Waals surface area contributed by atoms with Gasteiger partial charge in [-0.15, -0.1) is 0 Å². The van der Waals surface area contributed by atoms with E-state index in [-0.39, 0.29) is 12.3 Å². The maximum Gasteiger partial charge on any atom is 0.332 e. The monoisotopic (exact) mass is 456 g/mol. The Labute approximate surface area is 194 Å². The fraction of sp³-hybridized carbons (Fsp3) is 0.560. The van der Waals surface area contributed by atoms with Crippen LogP contribution >= 0.6 is 0 Å². The lowest BCUT2D eigenvalue weighted by Gasteiger charge is -2.28. The van der Waals surface area contributed by atoms with Gasteiger partial charge in [0.1, 0.15) is 23.1 Å². The zero-order valence-corrected chi connectivity index (χ0v) is 19.9. The molecular weight excluding hydrogens is 424 g/mol. The second-order valence-corrected chi connectivity index (χ2v) is 9.99. The lowest BCUT2D eigenvalue weighted by molar-refractivity contribution is -0.156. The molecule has 1 saturated heterocycles. The molecule has 2 aliphatic carbocycles. The van der Waals surface area contributed by atoms with Gasteiger partial charge in [0.25, 0.3) is 5.91 Å². The van der Waals surface area contributed by atoms with Crippen LogP contribution in [0, 0.1) is 17.8 Å². The molecule has 0 aromatic heterocycles. The van der Waals surface area contributed by atoms with E-state index in [1.54, 1.807) is 43.9 Å². The van der Waals surface area contributed by atoms with E-state index >= 15 is 0 Å². The van der Waals surface area contributed by atoms with Crippen LogP contribution in [0.15, 0.2) is 30.4 Å². The highest BCUT2D eigenvalue weighted by Crippen LogP contribution is 2.45. The number of methoxy groups -OCH3 is 2. The van der Waals surface area contributed by atoms with Crippen LogP contribution in [0.2, 0.25) is 0 Å². The summed E-state index contributed by atoms with van der Waals surface area (Å²) in [6.45, 7) is 5.75. The van der Waals surface area contributed by atoms with Crippen LogP contribution in [0.3, 0.4) is 0 Å². The molecule has 3 amide bonds. The average Bonchev–Trinajstić information content (AvgIpc) is 3.43. The van der Waals surface area contributed by atoms with E-state index in [0.29, 0.717) is 35.6 Å². The molecule has 1 saturated carbocycles. The van der Waals surface area contributed by atoms with Gasteiger partial charge >= 0.3 is 12.0 Å². The fourth-order valence-electron chi connectivity index (χ4n) is 5.13. The molecule has 33 heavy (non-hydrogen) atoms. The zero-order chi connectivity index (χ0) is 23.9. The first-order valence-electron chi connectivity index (χ1n) is 11.4. The maximum absolute atomic E-state index is 13.6. The second kappa shape index (κ2) is 8.72. The molecule has 3 unspecified atom stereocenters. The Morgan fingerprint density at radius 3 is 2.42 bits per heavy atom. The van der Waals surface area contributed by atoms with Crippen LogP contribution in [0.4, 0.5) is 10.5 Å². The van der Waals surface area contributed by atoms with Crippen LogP contribution in [0.5, 0.6) is 11.5 Å². The molecule has 0 spiro atoms. The predicted octanol–water partition coefficient (Wildman–Crippen LogP) is 3.79. The molecule has 3 aliphatic rings. The third-order valence-electron chi connectivity index (χ3n) is 6.57. The number of allylic oxidation sites excluding steroid dienone is 2. The average molecular weight is 457 g/mol. The predicted molar refractivity (Wildman–Crippen MR) is 122 cm³/mol. The minimum absolute atomic E-state index is 0.193. The zero-order valence-electron chi connectivity index (χ0n) is 19.9. The Bertz CT molecular complexity index is 982. The Hall–Kier alpha value is -3.03. The van der Waals surface area contributed by atoms with Crippen molar-refractivity contribution in [2.45, 2.75) is 51.7 Å². The molecule has 178 valence electrons. The molecule has 1 aromatic carbocycles. The minimum Gasteiger partial charge on any atom is -0.497 e. The van der Waals surface area contributed by atoms with E-state index < -0.39 is 29.6 Å². The van der Waals surface area contributed by atoms with Gasteiger partial charge in [0.15, 0.2) is 0 Å². The first-order valence-corrected chi connectivity index (χ1v) is 11.4. The fourth-order valence-corrected chi connectivity index (χ4v) is 5.13. The highest BCUT2D eigenvalue weighted by Gasteiger charge is 2.50. The van der Waals surface area contributed by atoms with Crippen LogP contribution < -0.4 is 14.4 Å². The van der Waals surface area contributed by atoms with Crippen LogP contribution in [-0.2, 0) is 14.3 Å². The third-order valence-corrected chi connectivity index (χ3v) is 6.57. The summed E-state index contributed by atoms with van der Waals surface area (Å²) in [6.07, 6.45) is 6.34. The Morgan fingerprint density at radius 1 is 1.09 bits per heavy atom. The number of fused-ring (bicyclic) bond motifs is 2. The summed E-state index contributed by atoms with van der Waals surface area (Å²) >= 11 is 0. The number of rotatable bonds is 7. The number of anilines is 1. The van der Waals surface area contributed by atoms with Crippen LogP contribution in [-0.4, -0.2) is 55.2 Å². The number of urea groups is 1. The summed E-state index contributed by atoms with van der Waals surface area (Å²) in [5.74, 6) is 1.10. The summed E-state index contributed by atoms with van der Waals surface area (Å²) in [5, 5.41) is 0. The molecular formula is C25H32N2O6. The number of nitrogens with zero attached hydrogens (tertiary/aromatic N) is 2. The largest absolute Gasteiger partial charge is 0.497 e. The van der Waals surface area contributed by atoms with Crippen molar-refractivity contribution in [3.05, 3.63) is 30.4 Å². The second-order valence-electron chi connectivity index (χ2n) is 9.99. The summed E-state index contributed by atoms with van der Waals surface area (Å²) in [7, 11) is 2.99. The van der Waals surface area contributed by atoms with Crippen molar-refractivity contribution in [2.75, 3.05) is 25.7 Å². The van der Waals surface area contributed by atoms with Gasteiger partial charge in [0.05, 0.1) is 26.3 Å². The number of carbonyl (C=O) groups is 3. The van der Waals surface area contributed by atoms with E-state index in [1.807, 2.05) is 0 Å². The molecule has 8 heteroatoms. The van der Waals surface area contributed by atoms with Crippen molar-refractivity contribution >= 4 is 23.6 Å². The van der Waals surface area contributed by atoms with Crippen molar-refractivity contribution in [2.24, 2.45) is 17.8 Å². The van der Waals surface area contributed by atoms with E-state index in [4.69, 9.17) is 14.2 Å². The van der Waals surface area contributed by atoms with E-state index in [1.165, 1.54) is 14.2 Å². The van der Waals surface area contributed by atoms with Crippen molar-refractivity contribution in [3.8, 4) is 11.5 Å². The van der Waals surface area contributed by atoms with Gasteiger partial charge in [-0.3, -0.25) is 9.59 Å². The van der Waals surface area contributed by atoms with Gasteiger partial charge in [-0.05, 0) is 63.5 Å². The smallest absolute Gasteiger partial charge is 0.332 e. The normalized spacial score (nSPS) is 26.3. The molecule has 0 radical (unpaired) electrons. The van der Waals surface area contributed by atoms with Gasteiger partial charge in [-0.1, -0.05) is 12.2 Å². The summed E-state index contributed by atoms with van der Waals surface area (Å²) in [5.41, 5.74) is -0.380. The summed E-state index contributed by atoms with van der Waals surface area (Å²) in [6, 6.07) is 3.58. The number of carbonyl (C=O) groups excluding carboxylic acids is 3. The molecule has 4 rings (SSSR count). The van der Waals surface area contributed by atoms with E-state index in [0.717, 1.165) is 17.7 Å². The van der Waals surface area contributed by atoms with Crippen molar-refractivity contribution in [1.29, 1.82) is 0 Å². The topological polar surface area (TPSA) is 85.4 Å². The number of hydrogen-bond acceptors (Lipinski definition) is 6. The van der Waals surface area contributed by atoms with Crippen molar-refractivity contribution in [1.82, 2.24) is 4.90 Å². The number of imide groups is 1. The van der Waals surface area contributed by atoms with Gasteiger partial charge in [-0.2, -0.15) is 0 Å². The van der Waals surface area contributed by atoms with Crippen LogP contribution in [0.25, 0.3) is 0 Å². The highest BCUT2D eigenvalue weighted by molar-refractivity contribution is 6.22. The van der Waals surface area contributed by atoms with Gasteiger partial charge in [0, 0.05) is 12.6 Å². The SMILES string of the molecule is COc1ccc(OC)c(N2C(=O)[C@H](CC(=O)OC(C)(C)C)N(CC3CC4C=CC3C4)C2=O)c1. The molecule has 2 fully saturated rings. The molecule has 8 nitrogen and oxygen atoms in total. The van der Waals surface area contributed by atoms with E-state index in [2.05, 4.69) is 12.2 Å². The lowest BCUT2D eigenvalue weighted by atomic mass is 9.92. The quantitative estimate of drug-likeness (QED) is 0.353. The molecule has 2 bridgehead atoms. The summed E-state index contributed by atoms with van der Waals surface area (Å²) < 4.78 is 16.2. The van der Waals surface area contributed by atoms with Crippen LogP contribution in [0.1, 0.15) is 40.0 Å². The van der Waals surface area contributed by atoms with Gasteiger partial charge < -0.3 is 19.1 Å². The molecule has 1 aliphatic heterocycles. The highest BCUT2D eigenvalue weighted by atomic mass is 16.6. The standard InChI is InChI=1S/C25H32N2O6/c1-25(2,3)33-22(28)13-20-23(29)27(19-12-18(31-4)8-9-21(19)32-5)24(30)26(20)14-17-11-15-6-7-16(17)10-15/h6-9,12,15-17,20H,10-11,13-14H2,1-5H3/t15?,16?,17?,20-/m0/s1. The number of benzene rings is 1. The lowest BCUT2D eigenvalue weighted by Crippen LogP contribution is -2.41. The number of ether oxygens (including phenoxy) is 3. The first kappa shape index (κ1) is 23.1. The van der Waals surface area contributed by atoms with Gasteiger partial charge in [0.2, 0.25) is 0 Å². The maximum atomic E-state index is 13.6. The number of esters is 1. The Morgan fingerprint density at radius 2 is 1.85 bits per heavy atom. The third kappa shape index (κ3) is 4.56. The molecule has 1 heterocycles. The molecule has 0 N–H and O–H groups in total. The minimum atomic E-state index is -0.925. The Balaban J connectivity index is 1.65. The van der Waals surface area contributed by atoms with Crippen molar-refractivity contribution in [3.63, 3.8) is 0 Å². The van der Waals surface area contributed by atoms with Crippen molar-refractivity contribution < 1.29 is 28.6 Å². The number of hydrogen-bond donors (Lipinski definition) is 0. The molecule has 4 atom stereocenters. The molecule has 1 aromatic rings. The summed E-state index contributed by atoms with van der Waals surface area (Å²) in [4.78, 5) is 42.5. The van der Waals surface area contributed by atoms with E-state index in [9.17, 15) is 14.4 Å². The Kier molecular flexibility index (Phi) is 6.12. The van der Waals surface area contributed by atoms with Gasteiger partial charge in [-0.25, -0.2) is 9.69 Å².